The highest BCUT2D eigenvalue weighted by molar-refractivity contribution is 5.89. The number of rotatable bonds is 11. The third-order valence-electron chi connectivity index (χ3n) is 9.57. The molecule has 5 rings (SSSR count). The van der Waals surface area contributed by atoms with Crippen LogP contribution < -0.4 is 16.4 Å². The molecule has 0 spiro atoms. The Morgan fingerprint density at radius 3 is 2.43 bits per heavy atom. The van der Waals surface area contributed by atoms with Crippen LogP contribution in [0.4, 0.5) is 16.3 Å². The van der Waals surface area contributed by atoms with Gasteiger partial charge >= 0.3 is 6.03 Å². The number of nitrogen functional groups attached to an aromatic ring is 1. The number of nitrogens with one attached hydrogen (secondary N) is 2. The van der Waals surface area contributed by atoms with Gasteiger partial charge in [0.15, 0.2) is 17.7 Å². The number of carbonyl (C=O) groups excluding carboxylic acids is 1. The van der Waals surface area contributed by atoms with Crippen molar-refractivity contribution in [1.82, 2.24) is 29.7 Å². The van der Waals surface area contributed by atoms with E-state index in [2.05, 4.69) is 65.1 Å². The van der Waals surface area contributed by atoms with E-state index in [-0.39, 0.29) is 41.6 Å². The number of aliphatic hydroxyl groups is 4. The van der Waals surface area contributed by atoms with Crippen LogP contribution in [0.15, 0.2) is 36.9 Å². The summed E-state index contributed by atoms with van der Waals surface area (Å²) in [5.41, 5.74) is 8.61. The fourth-order valence-electron chi connectivity index (χ4n) is 6.73. The molecule has 8 N–H and O–H groups in total. The molecule has 2 amide bonds. The first-order valence-corrected chi connectivity index (χ1v) is 16.4. The number of urea groups is 1. The molecule has 1 aromatic carbocycles. The van der Waals surface area contributed by atoms with E-state index >= 15 is 0 Å². The summed E-state index contributed by atoms with van der Waals surface area (Å²) in [7, 11) is 0. The van der Waals surface area contributed by atoms with Crippen LogP contribution in [0.25, 0.3) is 11.2 Å². The lowest BCUT2D eigenvalue weighted by molar-refractivity contribution is -0.0533. The Morgan fingerprint density at radius 2 is 1.74 bits per heavy atom. The van der Waals surface area contributed by atoms with Gasteiger partial charge in [-0.25, -0.2) is 19.7 Å². The van der Waals surface area contributed by atoms with E-state index in [4.69, 9.17) is 10.5 Å². The summed E-state index contributed by atoms with van der Waals surface area (Å²) >= 11 is 0. The van der Waals surface area contributed by atoms with Gasteiger partial charge in [-0.3, -0.25) is 4.57 Å². The van der Waals surface area contributed by atoms with Crippen molar-refractivity contribution in [1.29, 1.82) is 0 Å². The molecular formula is C33H50N8O6. The van der Waals surface area contributed by atoms with Gasteiger partial charge in [-0.1, -0.05) is 32.9 Å². The number of carbonyl (C=O) groups is 1. The normalized spacial score (nSPS) is 28.1. The Morgan fingerprint density at radius 1 is 1.04 bits per heavy atom. The highest BCUT2D eigenvalue weighted by atomic mass is 16.6. The molecule has 0 radical (unpaired) electrons. The van der Waals surface area contributed by atoms with Crippen molar-refractivity contribution in [3.05, 3.63) is 42.5 Å². The molecule has 2 aromatic heterocycles. The molecule has 1 aliphatic heterocycles. The van der Waals surface area contributed by atoms with Gasteiger partial charge in [0.1, 0.15) is 24.1 Å². The molecule has 47 heavy (non-hydrogen) atoms. The van der Waals surface area contributed by atoms with Crippen LogP contribution in [0.1, 0.15) is 65.7 Å². The average molecular weight is 655 g/mol. The molecule has 14 nitrogen and oxygen atoms in total. The number of aromatic nitrogens is 4. The first-order chi connectivity index (χ1) is 22.2. The molecule has 2 aliphatic rings. The molecule has 0 unspecified atom stereocenters. The number of benzene rings is 1. The number of aliphatic hydroxyl groups excluding tert-OH is 4. The second-order valence-electron chi connectivity index (χ2n) is 14.3. The van der Waals surface area contributed by atoms with Crippen molar-refractivity contribution in [2.45, 2.75) is 102 Å². The summed E-state index contributed by atoms with van der Waals surface area (Å²) in [6, 6.07) is 7.78. The summed E-state index contributed by atoms with van der Waals surface area (Å²) in [5, 5.41) is 49.5. The van der Waals surface area contributed by atoms with Crippen LogP contribution >= 0.6 is 0 Å². The fourth-order valence-corrected chi connectivity index (χ4v) is 6.73. The topological polar surface area (TPSA) is 204 Å². The van der Waals surface area contributed by atoms with Crippen molar-refractivity contribution in [3.8, 4) is 0 Å². The third kappa shape index (κ3) is 7.85. The summed E-state index contributed by atoms with van der Waals surface area (Å²) in [6.45, 7) is 12.4. The molecule has 0 bridgehead atoms. The molecule has 1 aliphatic carbocycles. The molecule has 258 valence electrons. The molecule has 3 aromatic rings. The number of nitrogens with two attached hydrogens (primary N) is 1. The van der Waals surface area contributed by atoms with E-state index in [0.29, 0.717) is 43.6 Å². The highest BCUT2D eigenvalue weighted by Gasteiger charge is 2.49. The van der Waals surface area contributed by atoms with Gasteiger partial charge in [-0.15, -0.1) is 0 Å². The van der Waals surface area contributed by atoms with Crippen LogP contribution in [0, 0.1) is 11.8 Å². The summed E-state index contributed by atoms with van der Waals surface area (Å²) in [4.78, 5) is 27.1. The number of imidazole rings is 1. The number of hydrogen-bond donors (Lipinski definition) is 7. The van der Waals surface area contributed by atoms with E-state index in [1.807, 2.05) is 24.3 Å². The lowest BCUT2D eigenvalue weighted by Crippen LogP contribution is -2.41. The van der Waals surface area contributed by atoms with Gasteiger partial charge in [0.05, 0.1) is 24.6 Å². The Labute approximate surface area is 275 Å². The summed E-state index contributed by atoms with van der Waals surface area (Å²) in [5.74, 6) is -0.335. The van der Waals surface area contributed by atoms with Crippen LogP contribution in [-0.4, -0.2) is 107 Å². The van der Waals surface area contributed by atoms with E-state index in [1.165, 1.54) is 22.8 Å². The summed E-state index contributed by atoms with van der Waals surface area (Å²) in [6.07, 6.45) is -1.88. The number of anilines is 2. The van der Waals surface area contributed by atoms with Gasteiger partial charge < -0.3 is 46.4 Å². The maximum Gasteiger partial charge on any atom is 0.319 e. The summed E-state index contributed by atoms with van der Waals surface area (Å²) < 4.78 is 7.62. The van der Waals surface area contributed by atoms with Crippen molar-refractivity contribution in [2.75, 3.05) is 30.7 Å². The largest absolute Gasteiger partial charge is 0.390 e. The van der Waals surface area contributed by atoms with Crippen LogP contribution in [0.3, 0.4) is 0 Å². The maximum atomic E-state index is 12.5. The first kappa shape index (κ1) is 34.9. The van der Waals surface area contributed by atoms with Crippen molar-refractivity contribution in [2.24, 2.45) is 11.8 Å². The molecular weight excluding hydrogens is 604 g/mol. The van der Waals surface area contributed by atoms with Gasteiger partial charge in [0, 0.05) is 37.3 Å². The average Bonchev–Trinajstić information content (AvgIpc) is 3.65. The highest BCUT2D eigenvalue weighted by Crippen LogP contribution is 2.40. The zero-order valence-electron chi connectivity index (χ0n) is 27.8. The standard InChI is InChI=1S/C33H50N8O6/c1-18(2)40(12-6-11-35-32(46)39-22-9-7-21(8-10-22)33(3,4)5)15-20-13-19(25(42)26(20)43)14-23-27(44)28(45)31(47-23)41-17-38-24-29(34)36-16-37-30(24)41/h7-10,16-20,23,25-28,31,42-45H,6,11-15H2,1-5H3,(H2,34,36,37)(H2,35,39,46)/t19-,20-,23-,25+,26-,27-,28-,31-/m1/s1. The number of nitrogens with zero attached hydrogens (tertiary/aromatic N) is 5. The molecule has 8 atom stereocenters. The fraction of sp³-hybridized carbons (Fsp3) is 0.636. The van der Waals surface area contributed by atoms with Gasteiger partial charge in [0.2, 0.25) is 0 Å². The zero-order valence-corrected chi connectivity index (χ0v) is 27.8. The lowest BCUT2D eigenvalue weighted by Gasteiger charge is -2.30. The van der Waals surface area contributed by atoms with E-state index in [9.17, 15) is 25.2 Å². The van der Waals surface area contributed by atoms with E-state index < -0.39 is 36.7 Å². The first-order valence-electron chi connectivity index (χ1n) is 16.4. The Bertz CT molecular complexity index is 1490. The minimum Gasteiger partial charge on any atom is -0.390 e. The van der Waals surface area contributed by atoms with E-state index in [0.717, 1.165) is 5.69 Å². The Kier molecular flexibility index (Phi) is 10.7. The second-order valence-corrected chi connectivity index (χ2v) is 14.3. The monoisotopic (exact) mass is 654 g/mol. The molecule has 1 saturated heterocycles. The lowest BCUT2D eigenvalue weighted by atomic mass is 9.87. The predicted molar refractivity (Wildman–Crippen MR) is 177 cm³/mol. The maximum absolute atomic E-state index is 12.5. The van der Waals surface area contributed by atoms with E-state index in [1.54, 1.807) is 0 Å². The third-order valence-corrected chi connectivity index (χ3v) is 9.57. The zero-order chi connectivity index (χ0) is 34.0. The smallest absolute Gasteiger partial charge is 0.319 e. The quantitative estimate of drug-likeness (QED) is 0.149. The molecule has 3 heterocycles. The predicted octanol–water partition coefficient (Wildman–Crippen LogP) is 2.00. The molecule has 1 saturated carbocycles. The van der Waals surface area contributed by atoms with Crippen LogP contribution in [0.2, 0.25) is 0 Å². The number of fused-ring (bicyclic) bond motifs is 1. The Hall–Kier alpha value is -3.40. The van der Waals surface area contributed by atoms with Gasteiger partial charge in [0.25, 0.3) is 0 Å². The van der Waals surface area contributed by atoms with Crippen LogP contribution in [-0.2, 0) is 10.2 Å². The molecule has 14 heteroatoms. The van der Waals surface area contributed by atoms with Crippen molar-refractivity contribution in [3.63, 3.8) is 0 Å². The van der Waals surface area contributed by atoms with Gasteiger partial charge in [-0.05, 0) is 62.1 Å². The number of amides is 2. The van der Waals surface area contributed by atoms with Crippen molar-refractivity contribution < 1.29 is 30.0 Å². The molecule has 2 fully saturated rings. The number of hydrogen-bond acceptors (Lipinski definition) is 11. The van der Waals surface area contributed by atoms with Gasteiger partial charge in [-0.2, -0.15) is 0 Å². The van der Waals surface area contributed by atoms with Crippen molar-refractivity contribution >= 4 is 28.7 Å². The SMILES string of the molecule is CC(C)N(CCCNC(=O)Nc1ccc(C(C)(C)C)cc1)C[C@H]1C[C@H](C[C@H]2O[C@@H](n3cnc4c(N)ncnc43)[C@H](O)[C@@H]2O)[C@H](O)[C@@H]1O. The number of ether oxygens (including phenoxy) is 1. The second kappa shape index (κ2) is 14.4. The Balaban J connectivity index is 1.10. The van der Waals surface area contributed by atoms with Crippen LogP contribution in [0.5, 0.6) is 0 Å². The minimum atomic E-state index is -1.26. The minimum absolute atomic E-state index is 0.0422.